The van der Waals surface area contributed by atoms with Crippen LogP contribution in [0.1, 0.15) is 34.7 Å². The number of fused-ring (bicyclic) bond motifs is 4. The molecule has 0 amide bonds. The Morgan fingerprint density at radius 3 is 2.23 bits per heavy atom. The first-order valence-electron chi connectivity index (χ1n) is 12.4. The molecule has 2 aromatic rings. The number of anilines is 1. The van der Waals surface area contributed by atoms with Gasteiger partial charge in [0.25, 0.3) is 0 Å². The monoisotopic (exact) mass is 535 g/mol. The highest BCUT2D eigenvalue weighted by atomic mass is 16.6. The summed E-state index contributed by atoms with van der Waals surface area (Å²) in [6.07, 6.45) is 3.13. The van der Waals surface area contributed by atoms with E-state index in [1.54, 1.807) is 19.1 Å². The SMILES string of the molecule is COC1=C(C(=O)O)[C@H](C)[C@@]23O[C@]24c2cc(O)c5c(c2N[C@H]3C#C/C=C\C#C[C@H]14)C(=N)c1c(O)ccc(O)c1C5=N. The molecule has 1 fully saturated rings. The van der Waals surface area contributed by atoms with Crippen molar-refractivity contribution >= 4 is 23.1 Å². The smallest absolute Gasteiger partial charge is 0.335 e. The zero-order valence-electron chi connectivity index (χ0n) is 21.1. The lowest BCUT2D eigenvalue weighted by molar-refractivity contribution is -0.134. The quantitative estimate of drug-likeness (QED) is 0.149. The molecule has 10 nitrogen and oxygen atoms in total. The van der Waals surface area contributed by atoms with Crippen LogP contribution in [0, 0.1) is 46.3 Å². The fourth-order valence-corrected chi connectivity index (χ4v) is 7.03. The largest absolute Gasteiger partial charge is 0.507 e. The Kier molecular flexibility index (Phi) is 4.46. The fraction of sp³-hybridized carbons (Fsp3) is 0.233. The first-order chi connectivity index (χ1) is 19.1. The van der Waals surface area contributed by atoms with Crippen LogP contribution in [-0.2, 0) is 19.9 Å². The van der Waals surface area contributed by atoms with Crippen LogP contribution in [0.15, 0.2) is 41.7 Å². The molecule has 1 saturated heterocycles. The van der Waals surface area contributed by atoms with Crippen LogP contribution in [0.3, 0.4) is 0 Å². The lowest BCUT2D eigenvalue weighted by Gasteiger charge is -2.43. The van der Waals surface area contributed by atoms with Gasteiger partial charge in [0.2, 0.25) is 0 Å². The maximum atomic E-state index is 12.5. The van der Waals surface area contributed by atoms with Gasteiger partial charge in [-0.05, 0) is 30.4 Å². The summed E-state index contributed by atoms with van der Waals surface area (Å²) in [6.45, 7) is 1.73. The van der Waals surface area contributed by atoms with E-state index in [2.05, 4.69) is 29.0 Å². The van der Waals surface area contributed by atoms with Gasteiger partial charge in [-0.25, -0.2) is 4.79 Å². The molecule has 0 saturated carbocycles. The molecule has 5 aliphatic rings. The van der Waals surface area contributed by atoms with Crippen LogP contribution < -0.4 is 5.32 Å². The van der Waals surface area contributed by atoms with Crippen molar-refractivity contribution in [2.45, 2.75) is 24.2 Å². The van der Waals surface area contributed by atoms with Gasteiger partial charge in [0, 0.05) is 17.0 Å². The van der Waals surface area contributed by atoms with E-state index in [4.69, 9.17) is 20.3 Å². The number of benzene rings is 2. The number of hydrogen-bond acceptors (Lipinski definition) is 9. The third-order valence-corrected chi connectivity index (χ3v) is 8.62. The molecule has 0 aromatic heterocycles. The van der Waals surface area contributed by atoms with Crippen molar-refractivity contribution in [2.75, 3.05) is 12.4 Å². The number of aromatic hydroxyl groups is 3. The van der Waals surface area contributed by atoms with Crippen LogP contribution in [0.5, 0.6) is 17.2 Å². The molecule has 4 bridgehead atoms. The number of phenolic OH excluding ortho intramolecular Hbond substituents is 3. The minimum Gasteiger partial charge on any atom is -0.507 e. The average Bonchev–Trinajstić information content (AvgIpc) is 3.64. The standard InChI is InChI=1S/C30H21N3O7/c1-12-19(28(37)38)27(39-2)13-7-5-3-4-6-8-18-29(12)30(13,40-29)14-11-17(36)22-23(26(14)33-18)25(32)21-16(35)10-9-15(34)20(21)24(22)31/h3-4,9-13,18,31-36H,1-2H3,(H,37,38)/b4-3-,31-24?,32-25?/t12-,13+,18-,29-,30+/m0/s1. The van der Waals surface area contributed by atoms with Crippen molar-refractivity contribution in [2.24, 2.45) is 11.8 Å². The van der Waals surface area contributed by atoms with E-state index in [0.717, 1.165) is 0 Å². The minimum absolute atomic E-state index is 0.00637. The lowest BCUT2D eigenvalue weighted by Crippen LogP contribution is -2.55. The molecule has 7 rings (SSSR count). The Hall–Kier alpha value is -5.19. The Balaban J connectivity index is 1.59. The number of carboxylic acids is 1. The lowest BCUT2D eigenvalue weighted by atomic mass is 9.59. The van der Waals surface area contributed by atoms with E-state index >= 15 is 0 Å². The normalized spacial score (nSPS) is 30.5. The molecule has 3 aliphatic carbocycles. The third-order valence-electron chi connectivity index (χ3n) is 8.62. The van der Waals surface area contributed by atoms with Gasteiger partial charge in [0.05, 0.1) is 46.5 Å². The molecule has 5 atom stereocenters. The topological polar surface area (TPSA) is 179 Å². The predicted molar refractivity (Wildman–Crippen MR) is 142 cm³/mol. The highest BCUT2D eigenvalue weighted by Crippen LogP contribution is 2.74. The molecule has 2 aliphatic heterocycles. The number of hydrogen-bond donors (Lipinski definition) is 7. The Morgan fingerprint density at radius 2 is 1.60 bits per heavy atom. The Bertz CT molecular complexity index is 1850. The highest BCUT2D eigenvalue weighted by molar-refractivity contribution is 6.34. The third kappa shape index (κ3) is 2.48. The first kappa shape index (κ1) is 23.9. The van der Waals surface area contributed by atoms with Crippen LogP contribution >= 0.6 is 0 Å². The molecule has 0 radical (unpaired) electrons. The number of methoxy groups -OCH3 is 1. The summed E-state index contributed by atoms with van der Waals surface area (Å²) in [5, 5.41) is 64.0. The van der Waals surface area contributed by atoms with Crippen LogP contribution in [0.4, 0.5) is 5.69 Å². The number of nitrogens with one attached hydrogen (secondary N) is 3. The zero-order chi connectivity index (χ0) is 28.3. The average molecular weight is 536 g/mol. The second-order valence-corrected chi connectivity index (χ2v) is 10.2. The van der Waals surface area contributed by atoms with Crippen molar-refractivity contribution in [3.05, 3.63) is 69.5 Å². The van der Waals surface area contributed by atoms with Gasteiger partial charge in [-0.3, -0.25) is 10.8 Å². The fourth-order valence-electron chi connectivity index (χ4n) is 7.03. The highest BCUT2D eigenvalue weighted by Gasteiger charge is 2.85. The summed E-state index contributed by atoms with van der Waals surface area (Å²) >= 11 is 0. The summed E-state index contributed by atoms with van der Waals surface area (Å²) in [5.41, 5.74) is -2.27. The number of carboxylic acid groups (broad SMARTS) is 1. The van der Waals surface area contributed by atoms with E-state index in [9.17, 15) is 25.2 Å². The number of aliphatic carboxylic acids is 1. The molecular formula is C30H21N3O7. The number of rotatable bonds is 2. The van der Waals surface area contributed by atoms with Gasteiger partial charge in [0.15, 0.2) is 0 Å². The second-order valence-electron chi connectivity index (χ2n) is 10.2. The molecule has 198 valence electrons. The summed E-state index contributed by atoms with van der Waals surface area (Å²) in [4.78, 5) is 12.5. The van der Waals surface area contributed by atoms with E-state index < -0.39 is 35.0 Å². The van der Waals surface area contributed by atoms with Crippen LogP contribution in [0.2, 0.25) is 0 Å². The Morgan fingerprint density at radius 1 is 1.00 bits per heavy atom. The molecule has 0 unspecified atom stereocenters. The summed E-state index contributed by atoms with van der Waals surface area (Å²) in [7, 11) is 1.38. The molecule has 40 heavy (non-hydrogen) atoms. The number of ether oxygens (including phenoxy) is 2. The van der Waals surface area contributed by atoms with Crippen LogP contribution in [0.25, 0.3) is 0 Å². The number of allylic oxidation sites excluding steroid dienone is 2. The molecule has 2 aromatic carbocycles. The van der Waals surface area contributed by atoms with E-state index in [1.807, 2.05) is 0 Å². The van der Waals surface area contributed by atoms with Crippen molar-refractivity contribution in [1.29, 1.82) is 10.8 Å². The second kappa shape index (κ2) is 7.47. The first-order valence-corrected chi connectivity index (χ1v) is 12.4. The molecule has 2 heterocycles. The molecular weight excluding hydrogens is 514 g/mol. The summed E-state index contributed by atoms with van der Waals surface area (Å²) < 4.78 is 12.3. The predicted octanol–water partition coefficient (Wildman–Crippen LogP) is 2.54. The van der Waals surface area contributed by atoms with E-state index in [-0.39, 0.29) is 62.3 Å². The van der Waals surface area contributed by atoms with Gasteiger partial charge in [-0.1, -0.05) is 30.6 Å². The van der Waals surface area contributed by atoms with Crippen molar-refractivity contribution < 1.29 is 34.7 Å². The van der Waals surface area contributed by atoms with Crippen molar-refractivity contribution in [1.82, 2.24) is 0 Å². The summed E-state index contributed by atoms with van der Waals surface area (Å²) in [5.74, 6) is 8.43. The van der Waals surface area contributed by atoms with Crippen LogP contribution in [-0.4, -0.2) is 56.6 Å². The van der Waals surface area contributed by atoms with E-state index in [0.29, 0.717) is 11.3 Å². The van der Waals surface area contributed by atoms with E-state index in [1.165, 1.54) is 25.3 Å². The zero-order valence-corrected chi connectivity index (χ0v) is 21.1. The number of phenols is 3. The minimum atomic E-state index is -1.31. The Labute approximate surface area is 227 Å². The number of epoxide rings is 1. The maximum Gasteiger partial charge on any atom is 0.335 e. The van der Waals surface area contributed by atoms with Gasteiger partial charge in [-0.2, -0.15) is 0 Å². The van der Waals surface area contributed by atoms with Gasteiger partial charge in [0.1, 0.15) is 46.2 Å². The number of carbonyl (C=O) groups is 1. The van der Waals surface area contributed by atoms with Gasteiger partial charge >= 0.3 is 5.97 Å². The maximum absolute atomic E-state index is 12.5. The van der Waals surface area contributed by atoms with Gasteiger partial charge in [-0.15, -0.1) is 0 Å². The van der Waals surface area contributed by atoms with Crippen molar-refractivity contribution in [3.8, 4) is 40.9 Å². The molecule has 0 spiro atoms. The summed E-state index contributed by atoms with van der Waals surface area (Å²) in [6, 6.07) is 3.11. The van der Waals surface area contributed by atoms with Gasteiger partial charge < -0.3 is 35.2 Å². The molecule has 10 heteroatoms. The molecule has 7 N–H and O–H groups in total. The van der Waals surface area contributed by atoms with Crippen molar-refractivity contribution in [3.63, 3.8) is 0 Å².